The summed E-state index contributed by atoms with van der Waals surface area (Å²) in [6, 6.07) is 4.59. The smallest absolute Gasteiger partial charge is 0.312 e. The van der Waals surface area contributed by atoms with Gasteiger partial charge in [-0.15, -0.1) is 0 Å². The van der Waals surface area contributed by atoms with Crippen LogP contribution in [0.15, 0.2) is 36.4 Å². The number of carbonyl (C=O) groups is 6. The van der Waals surface area contributed by atoms with Gasteiger partial charge in [-0.2, -0.15) is 0 Å². The van der Waals surface area contributed by atoms with Crippen LogP contribution < -0.4 is 27.0 Å². The summed E-state index contributed by atoms with van der Waals surface area (Å²) in [5.74, 6) is -2.20. The second kappa shape index (κ2) is 17.5. The predicted molar refractivity (Wildman–Crippen MR) is 156 cm³/mol. The minimum Gasteiger partial charge on any atom is -0.380 e. The van der Waals surface area contributed by atoms with Crippen molar-refractivity contribution in [2.24, 2.45) is 11.7 Å². The summed E-state index contributed by atoms with van der Waals surface area (Å²) in [7, 11) is 1.59. The first-order chi connectivity index (χ1) is 20.0. The number of hydrogen-bond donors (Lipinski definition) is 5. The third-order valence-corrected chi connectivity index (χ3v) is 6.59. The van der Waals surface area contributed by atoms with Crippen LogP contribution in [0.5, 0.6) is 0 Å². The Labute approximate surface area is 246 Å². The minimum atomic E-state index is -0.936. The maximum Gasteiger partial charge on any atom is 0.312 e. The molecule has 13 nitrogen and oxygen atoms in total. The maximum absolute atomic E-state index is 13.2. The minimum absolute atomic E-state index is 0.165. The van der Waals surface area contributed by atoms with Crippen molar-refractivity contribution in [2.75, 3.05) is 25.5 Å². The van der Waals surface area contributed by atoms with Crippen LogP contribution in [-0.2, 0) is 35.3 Å². The quantitative estimate of drug-likeness (QED) is 0.127. The molecule has 1 aliphatic heterocycles. The molecule has 1 heterocycles. The number of nitrogens with one attached hydrogen (secondary N) is 4. The number of nitrogens with zero attached hydrogens (tertiary/aromatic N) is 1. The number of ether oxygens (including phenoxy) is 1. The van der Waals surface area contributed by atoms with E-state index in [2.05, 4.69) is 21.3 Å². The van der Waals surface area contributed by atoms with Crippen LogP contribution in [0.1, 0.15) is 57.9 Å². The molecule has 42 heavy (non-hydrogen) atoms. The number of nitrogens with two attached hydrogens (primary N) is 1. The van der Waals surface area contributed by atoms with E-state index in [1.807, 2.05) is 12.1 Å². The van der Waals surface area contributed by atoms with Crippen molar-refractivity contribution in [1.82, 2.24) is 20.9 Å². The van der Waals surface area contributed by atoms with Crippen molar-refractivity contribution in [1.29, 1.82) is 0 Å². The molecule has 6 N–H and O–H groups in total. The van der Waals surface area contributed by atoms with Gasteiger partial charge in [0.05, 0.1) is 6.61 Å². The van der Waals surface area contributed by atoms with Crippen LogP contribution >= 0.6 is 0 Å². The Bertz CT molecular complexity index is 1120. The van der Waals surface area contributed by atoms with Crippen molar-refractivity contribution in [3.8, 4) is 0 Å². The number of amides is 7. The number of imide groups is 1. The zero-order chi connectivity index (χ0) is 31.1. The molecule has 0 bridgehead atoms. The van der Waals surface area contributed by atoms with E-state index in [1.165, 1.54) is 12.2 Å². The molecular formula is C29H42N6O7. The summed E-state index contributed by atoms with van der Waals surface area (Å²) in [5, 5.41) is 10.8. The van der Waals surface area contributed by atoms with Gasteiger partial charge in [-0.25, -0.2) is 4.79 Å². The molecule has 7 amide bonds. The van der Waals surface area contributed by atoms with Gasteiger partial charge in [-0.3, -0.25) is 28.9 Å². The highest BCUT2D eigenvalue weighted by molar-refractivity contribution is 6.12. The molecular weight excluding hydrogens is 544 g/mol. The molecule has 2 rings (SSSR count). The SMILES string of the molecule is COCc1ccc(NC(=O)[C@H](CCCNC(N)=O)NC(=O)[C@@H](NC(=O)CCCCCN2C(=O)C=CC2=O)C(C)C)cc1. The van der Waals surface area contributed by atoms with Gasteiger partial charge < -0.3 is 31.7 Å². The first-order valence-electron chi connectivity index (χ1n) is 14.1. The summed E-state index contributed by atoms with van der Waals surface area (Å²) in [6.07, 6.45) is 4.93. The molecule has 0 saturated carbocycles. The summed E-state index contributed by atoms with van der Waals surface area (Å²) in [6.45, 7) is 4.52. The van der Waals surface area contributed by atoms with E-state index < -0.39 is 29.9 Å². The molecule has 0 unspecified atom stereocenters. The van der Waals surface area contributed by atoms with Crippen LogP contribution in [0.25, 0.3) is 0 Å². The number of primary amides is 1. The number of benzene rings is 1. The zero-order valence-electron chi connectivity index (χ0n) is 24.4. The largest absolute Gasteiger partial charge is 0.380 e. The molecule has 0 aromatic heterocycles. The number of urea groups is 1. The van der Waals surface area contributed by atoms with Crippen LogP contribution in [-0.4, -0.2) is 72.7 Å². The highest BCUT2D eigenvalue weighted by Gasteiger charge is 2.29. The van der Waals surface area contributed by atoms with Crippen LogP contribution in [0.3, 0.4) is 0 Å². The van der Waals surface area contributed by atoms with E-state index in [9.17, 15) is 28.8 Å². The third kappa shape index (κ3) is 11.7. The Balaban J connectivity index is 1.92. The lowest BCUT2D eigenvalue weighted by Gasteiger charge is -2.25. The van der Waals surface area contributed by atoms with E-state index in [0.29, 0.717) is 44.5 Å². The lowest BCUT2D eigenvalue weighted by molar-refractivity contribution is -0.137. The number of anilines is 1. The normalized spacial score (nSPS) is 14.0. The van der Waals surface area contributed by atoms with Crippen LogP contribution in [0.4, 0.5) is 10.5 Å². The lowest BCUT2D eigenvalue weighted by atomic mass is 10.0. The van der Waals surface area contributed by atoms with Crippen LogP contribution in [0, 0.1) is 5.92 Å². The Morgan fingerprint density at radius 1 is 0.905 bits per heavy atom. The molecule has 0 spiro atoms. The van der Waals surface area contributed by atoms with Crippen molar-refractivity contribution in [3.05, 3.63) is 42.0 Å². The second-order valence-electron chi connectivity index (χ2n) is 10.4. The molecule has 0 aliphatic carbocycles. The number of carbonyl (C=O) groups excluding carboxylic acids is 6. The van der Waals surface area contributed by atoms with E-state index >= 15 is 0 Å². The predicted octanol–water partition coefficient (Wildman–Crippen LogP) is 1.33. The second-order valence-corrected chi connectivity index (χ2v) is 10.4. The van der Waals surface area contributed by atoms with Gasteiger partial charge in [0.2, 0.25) is 17.7 Å². The Morgan fingerprint density at radius 2 is 1.57 bits per heavy atom. The molecule has 0 fully saturated rings. The molecule has 1 aliphatic rings. The lowest BCUT2D eigenvalue weighted by Crippen LogP contribution is -2.54. The average Bonchev–Trinajstić information content (AvgIpc) is 3.26. The number of unbranched alkanes of at least 4 members (excludes halogenated alkanes) is 2. The third-order valence-electron chi connectivity index (χ3n) is 6.59. The van der Waals surface area contributed by atoms with Crippen LogP contribution in [0.2, 0.25) is 0 Å². The van der Waals surface area contributed by atoms with Gasteiger partial charge in [-0.05, 0) is 49.3 Å². The Kier molecular flexibility index (Phi) is 14.2. The number of hydrogen-bond acceptors (Lipinski definition) is 7. The fourth-order valence-corrected chi connectivity index (χ4v) is 4.29. The molecule has 0 saturated heterocycles. The molecule has 2 atom stereocenters. The van der Waals surface area contributed by atoms with E-state index in [0.717, 1.165) is 10.5 Å². The first kappa shape index (κ1) is 33.9. The Morgan fingerprint density at radius 3 is 2.17 bits per heavy atom. The fraction of sp³-hybridized carbons (Fsp3) is 0.517. The highest BCUT2D eigenvalue weighted by Crippen LogP contribution is 2.13. The van der Waals surface area contributed by atoms with Crippen molar-refractivity contribution >= 4 is 41.3 Å². The van der Waals surface area contributed by atoms with E-state index in [-0.39, 0.29) is 43.0 Å². The Hall–Kier alpha value is -4.26. The first-order valence-corrected chi connectivity index (χ1v) is 14.1. The molecule has 1 aromatic rings. The van der Waals surface area contributed by atoms with Gasteiger partial charge >= 0.3 is 6.03 Å². The maximum atomic E-state index is 13.2. The highest BCUT2D eigenvalue weighted by atomic mass is 16.5. The van der Waals surface area contributed by atoms with Crippen molar-refractivity contribution < 1.29 is 33.5 Å². The van der Waals surface area contributed by atoms with Gasteiger partial charge in [0.1, 0.15) is 12.1 Å². The molecule has 230 valence electrons. The molecule has 13 heteroatoms. The summed E-state index contributed by atoms with van der Waals surface area (Å²) >= 11 is 0. The summed E-state index contributed by atoms with van der Waals surface area (Å²) in [5.41, 5.74) is 6.59. The summed E-state index contributed by atoms with van der Waals surface area (Å²) < 4.78 is 5.10. The average molecular weight is 587 g/mol. The van der Waals surface area contributed by atoms with Crippen molar-refractivity contribution in [3.63, 3.8) is 0 Å². The number of rotatable bonds is 18. The fourth-order valence-electron chi connectivity index (χ4n) is 4.29. The monoisotopic (exact) mass is 586 g/mol. The van der Waals surface area contributed by atoms with Gasteiger partial charge in [0.25, 0.3) is 11.8 Å². The van der Waals surface area contributed by atoms with Gasteiger partial charge in [0.15, 0.2) is 0 Å². The molecule has 1 aromatic carbocycles. The van der Waals surface area contributed by atoms with Crippen molar-refractivity contribution in [2.45, 2.75) is 71.1 Å². The zero-order valence-corrected chi connectivity index (χ0v) is 24.4. The van der Waals surface area contributed by atoms with Gasteiger partial charge in [0, 0.05) is 44.5 Å². The van der Waals surface area contributed by atoms with E-state index in [4.69, 9.17) is 10.5 Å². The summed E-state index contributed by atoms with van der Waals surface area (Å²) in [4.78, 5) is 74.4. The molecule has 0 radical (unpaired) electrons. The number of methoxy groups -OCH3 is 1. The van der Waals surface area contributed by atoms with Gasteiger partial charge in [-0.1, -0.05) is 32.4 Å². The van der Waals surface area contributed by atoms with E-state index in [1.54, 1.807) is 33.1 Å². The topological polar surface area (TPSA) is 189 Å². The standard InChI is InChI=1S/C29H42N6O7/c1-19(2)26(34-23(36)9-5-4-6-17-35-24(37)14-15-25(35)38)28(40)33-22(8-7-16-31-29(30)41)27(39)32-21-12-10-20(11-13-21)18-42-3/h10-15,19,22,26H,4-9,16-18H2,1-3H3,(H,32,39)(H,33,40)(H,34,36)(H3,30,31,41)/t22-,26-/m0/s1.